The molecule has 1 aromatic rings. The minimum Gasteiger partial charge on any atom is -0.480 e. The number of halogens is 1. The third-order valence-electron chi connectivity index (χ3n) is 2.46. The Bertz CT molecular complexity index is 511. The number of carboxylic acid groups (broad SMARTS) is 1. The Kier molecular flexibility index (Phi) is 5.97. The second kappa shape index (κ2) is 7.74. The molecule has 0 spiro atoms. The minimum atomic E-state index is -1.15. The van der Waals surface area contributed by atoms with Crippen molar-refractivity contribution < 1.29 is 19.1 Å². The molecular formula is C13H14FN3O3. The van der Waals surface area contributed by atoms with Crippen LogP contribution < -0.4 is 5.32 Å². The molecule has 0 saturated heterocycles. The number of aliphatic carboxylic acids is 1. The Morgan fingerprint density at radius 2 is 2.00 bits per heavy atom. The number of nitrogens with one attached hydrogen (secondary N) is 1. The molecule has 0 radical (unpaired) electrons. The fourth-order valence-electron chi connectivity index (χ4n) is 1.49. The van der Waals surface area contributed by atoms with Crippen molar-refractivity contribution in [3.8, 4) is 6.07 Å². The summed E-state index contributed by atoms with van der Waals surface area (Å²) >= 11 is 0. The monoisotopic (exact) mass is 279 g/mol. The van der Waals surface area contributed by atoms with Crippen molar-refractivity contribution in [1.82, 2.24) is 10.2 Å². The van der Waals surface area contributed by atoms with E-state index in [-0.39, 0.29) is 25.3 Å². The maximum Gasteiger partial charge on any atom is 0.323 e. The number of carbonyl (C=O) groups excluding carboxylic acids is 1. The van der Waals surface area contributed by atoms with Crippen LogP contribution in [0.5, 0.6) is 0 Å². The number of carboxylic acids is 1. The number of hydrogen-bond acceptors (Lipinski definition) is 3. The average molecular weight is 279 g/mol. The minimum absolute atomic E-state index is 0.0397. The van der Waals surface area contributed by atoms with Crippen molar-refractivity contribution in [3.05, 3.63) is 35.6 Å². The van der Waals surface area contributed by atoms with Crippen LogP contribution in [0.4, 0.5) is 9.18 Å². The second-order valence-electron chi connectivity index (χ2n) is 4.01. The van der Waals surface area contributed by atoms with Gasteiger partial charge in [0.1, 0.15) is 12.4 Å². The van der Waals surface area contributed by atoms with Crippen LogP contribution in [0.1, 0.15) is 12.0 Å². The quantitative estimate of drug-likeness (QED) is 0.821. The molecule has 0 bridgehead atoms. The van der Waals surface area contributed by atoms with E-state index in [1.54, 1.807) is 0 Å². The van der Waals surface area contributed by atoms with E-state index in [0.717, 1.165) is 4.90 Å². The standard InChI is InChI=1S/C13H14FN3O3/c14-11-4-2-10(3-5-11)8-16-13(20)17(7-1-6-15)9-12(18)19/h2-5H,1,7-9H2,(H,16,20)(H,18,19). The number of benzene rings is 1. The number of carbonyl (C=O) groups is 2. The molecule has 7 heteroatoms. The Hall–Kier alpha value is -2.62. The summed E-state index contributed by atoms with van der Waals surface area (Å²) < 4.78 is 12.7. The predicted molar refractivity (Wildman–Crippen MR) is 68.1 cm³/mol. The fourth-order valence-corrected chi connectivity index (χ4v) is 1.49. The summed E-state index contributed by atoms with van der Waals surface area (Å²) in [5.74, 6) is -1.53. The van der Waals surface area contributed by atoms with Gasteiger partial charge in [-0.05, 0) is 17.7 Å². The van der Waals surface area contributed by atoms with Crippen molar-refractivity contribution in [2.75, 3.05) is 13.1 Å². The van der Waals surface area contributed by atoms with Gasteiger partial charge in [0.15, 0.2) is 0 Å². The molecule has 2 N–H and O–H groups in total. The van der Waals surface area contributed by atoms with E-state index >= 15 is 0 Å². The Balaban J connectivity index is 2.54. The lowest BCUT2D eigenvalue weighted by molar-refractivity contribution is -0.137. The van der Waals surface area contributed by atoms with E-state index in [0.29, 0.717) is 5.56 Å². The van der Waals surface area contributed by atoms with Crippen LogP contribution in [0.3, 0.4) is 0 Å². The highest BCUT2D eigenvalue weighted by Crippen LogP contribution is 2.02. The highest BCUT2D eigenvalue weighted by Gasteiger charge is 2.15. The third kappa shape index (κ3) is 5.35. The lowest BCUT2D eigenvalue weighted by Crippen LogP contribution is -2.42. The molecule has 0 aliphatic heterocycles. The first kappa shape index (κ1) is 15.4. The zero-order valence-corrected chi connectivity index (χ0v) is 10.7. The van der Waals surface area contributed by atoms with E-state index in [1.807, 2.05) is 6.07 Å². The van der Waals surface area contributed by atoms with Gasteiger partial charge in [-0.3, -0.25) is 4.79 Å². The van der Waals surface area contributed by atoms with Gasteiger partial charge in [0.05, 0.1) is 12.5 Å². The molecule has 0 aliphatic rings. The van der Waals surface area contributed by atoms with Gasteiger partial charge in [0.2, 0.25) is 0 Å². The highest BCUT2D eigenvalue weighted by molar-refractivity contribution is 5.80. The van der Waals surface area contributed by atoms with Crippen LogP contribution in [0.15, 0.2) is 24.3 Å². The summed E-state index contributed by atoms with van der Waals surface area (Å²) in [6.45, 7) is -0.281. The van der Waals surface area contributed by atoms with Crippen LogP contribution in [0.2, 0.25) is 0 Å². The van der Waals surface area contributed by atoms with Gasteiger partial charge in [0, 0.05) is 13.1 Å². The van der Waals surface area contributed by atoms with E-state index in [1.165, 1.54) is 24.3 Å². The molecule has 20 heavy (non-hydrogen) atoms. The lowest BCUT2D eigenvalue weighted by atomic mass is 10.2. The highest BCUT2D eigenvalue weighted by atomic mass is 19.1. The Morgan fingerprint density at radius 3 is 2.55 bits per heavy atom. The summed E-state index contributed by atoms with van der Waals surface area (Å²) in [5.41, 5.74) is 0.690. The molecule has 0 saturated carbocycles. The van der Waals surface area contributed by atoms with Crippen LogP contribution in [0, 0.1) is 17.1 Å². The lowest BCUT2D eigenvalue weighted by Gasteiger charge is -2.19. The Morgan fingerprint density at radius 1 is 1.35 bits per heavy atom. The third-order valence-corrected chi connectivity index (χ3v) is 2.46. The Labute approximate surface area is 115 Å². The molecule has 2 amide bonds. The van der Waals surface area contributed by atoms with Crippen LogP contribution >= 0.6 is 0 Å². The van der Waals surface area contributed by atoms with Crippen LogP contribution in [-0.4, -0.2) is 35.1 Å². The summed E-state index contributed by atoms with van der Waals surface area (Å²) in [4.78, 5) is 23.5. The molecule has 0 atom stereocenters. The number of rotatable bonds is 6. The van der Waals surface area contributed by atoms with E-state index in [2.05, 4.69) is 5.32 Å². The van der Waals surface area contributed by atoms with Crippen molar-refractivity contribution in [2.24, 2.45) is 0 Å². The molecule has 1 aromatic carbocycles. The van der Waals surface area contributed by atoms with E-state index in [9.17, 15) is 14.0 Å². The summed E-state index contributed by atoms with van der Waals surface area (Å²) in [5, 5.41) is 19.7. The predicted octanol–water partition coefficient (Wildman–Crippen LogP) is 1.34. The number of nitrogens with zero attached hydrogens (tertiary/aromatic N) is 2. The molecule has 0 unspecified atom stereocenters. The molecule has 106 valence electrons. The zero-order chi connectivity index (χ0) is 15.0. The number of urea groups is 1. The van der Waals surface area contributed by atoms with Gasteiger partial charge < -0.3 is 15.3 Å². The molecule has 1 rings (SSSR count). The maximum absolute atomic E-state index is 12.7. The number of nitriles is 1. The first-order chi connectivity index (χ1) is 9.52. The smallest absolute Gasteiger partial charge is 0.323 e. The first-order valence-electron chi connectivity index (χ1n) is 5.89. The molecule has 0 fully saturated rings. The summed E-state index contributed by atoms with van der Waals surface area (Å²) in [6.07, 6.45) is 0.0528. The van der Waals surface area contributed by atoms with E-state index in [4.69, 9.17) is 10.4 Å². The molecule has 0 aliphatic carbocycles. The van der Waals surface area contributed by atoms with Crippen LogP contribution in [-0.2, 0) is 11.3 Å². The molecule has 0 aromatic heterocycles. The fraction of sp³-hybridized carbons (Fsp3) is 0.308. The molecule has 6 nitrogen and oxygen atoms in total. The second-order valence-corrected chi connectivity index (χ2v) is 4.01. The van der Waals surface area contributed by atoms with Gasteiger partial charge in [-0.25, -0.2) is 9.18 Å². The topological polar surface area (TPSA) is 93.4 Å². The van der Waals surface area contributed by atoms with Gasteiger partial charge >= 0.3 is 12.0 Å². The van der Waals surface area contributed by atoms with Crippen molar-refractivity contribution >= 4 is 12.0 Å². The van der Waals surface area contributed by atoms with Gasteiger partial charge in [0.25, 0.3) is 0 Å². The van der Waals surface area contributed by atoms with Crippen molar-refractivity contribution in [2.45, 2.75) is 13.0 Å². The SMILES string of the molecule is N#CCCN(CC(=O)O)C(=O)NCc1ccc(F)cc1. The largest absolute Gasteiger partial charge is 0.480 e. The van der Waals surface area contributed by atoms with Crippen molar-refractivity contribution in [3.63, 3.8) is 0 Å². The van der Waals surface area contributed by atoms with Gasteiger partial charge in [-0.1, -0.05) is 12.1 Å². The van der Waals surface area contributed by atoms with Crippen molar-refractivity contribution in [1.29, 1.82) is 5.26 Å². The van der Waals surface area contributed by atoms with Gasteiger partial charge in [-0.15, -0.1) is 0 Å². The zero-order valence-electron chi connectivity index (χ0n) is 10.7. The average Bonchev–Trinajstić information content (AvgIpc) is 2.42. The molecule has 0 heterocycles. The number of hydrogen-bond donors (Lipinski definition) is 2. The maximum atomic E-state index is 12.7. The summed E-state index contributed by atoms with van der Waals surface area (Å²) in [7, 11) is 0. The first-order valence-corrected chi connectivity index (χ1v) is 5.89. The van der Waals surface area contributed by atoms with E-state index < -0.39 is 18.5 Å². The van der Waals surface area contributed by atoms with Crippen LogP contribution in [0.25, 0.3) is 0 Å². The number of amides is 2. The normalized spacial score (nSPS) is 9.60. The molecular weight excluding hydrogens is 265 g/mol. The van der Waals surface area contributed by atoms with Gasteiger partial charge in [-0.2, -0.15) is 5.26 Å². The summed E-state index contributed by atoms with van der Waals surface area (Å²) in [6, 6.07) is 6.85.